The number of pyridine rings is 1. The molecule has 0 N–H and O–H groups in total. The second-order valence-electron chi connectivity index (χ2n) is 5.96. The van der Waals surface area contributed by atoms with Crippen molar-refractivity contribution in [3.05, 3.63) is 30.1 Å². The Morgan fingerprint density at radius 3 is 3.05 bits per heavy atom. The zero-order chi connectivity index (χ0) is 15.8. The van der Waals surface area contributed by atoms with E-state index in [0.29, 0.717) is 19.7 Å². The van der Waals surface area contributed by atoms with Gasteiger partial charge >= 0.3 is 0 Å². The highest BCUT2D eigenvalue weighted by Crippen LogP contribution is 2.18. The lowest BCUT2D eigenvalue weighted by Crippen LogP contribution is -2.47. The molecule has 1 aromatic rings. The summed E-state index contributed by atoms with van der Waals surface area (Å²) in [5, 5.41) is 0. The summed E-state index contributed by atoms with van der Waals surface area (Å²) in [5.74, 6) is 0.213. The van der Waals surface area contributed by atoms with Gasteiger partial charge in [-0.1, -0.05) is 18.9 Å². The molecule has 122 valence electrons. The first-order chi connectivity index (χ1) is 10.7. The molecule has 22 heavy (non-hydrogen) atoms. The van der Waals surface area contributed by atoms with Crippen LogP contribution in [0.15, 0.2) is 24.5 Å². The van der Waals surface area contributed by atoms with Crippen molar-refractivity contribution in [1.82, 2.24) is 14.8 Å². The second-order valence-corrected chi connectivity index (χ2v) is 5.96. The van der Waals surface area contributed by atoms with E-state index >= 15 is 0 Å². The summed E-state index contributed by atoms with van der Waals surface area (Å²) in [4.78, 5) is 21.2. The Bertz CT molecular complexity index is 452. The number of aromatic nitrogens is 1. The molecule has 1 aliphatic heterocycles. The Kier molecular flexibility index (Phi) is 6.80. The van der Waals surface area contributed by atoms with Gasteiger partial charge < -0.3 is 9.64 Å². The molecular weight excluding hydrogens is 278 g/mol. The lowest BCUT2D eigenvalue weighted by molar-refractivity contribution is -0.138. The van der Waals surface area contributed by atoms with E-state index in [1.807, 2.05) is 23.2 Å². The summed E-state index contributed by atoms with van der Waals surface area (Å²) in [6.07, 6.45) is 8.06. The van der Waals surface area contributed by atoms with Crippen LogP contribution < -0.4 is 0 Å². The zero-order valence-electron chi connectivity index (χ0n) is 13.7. The van der Waals surface area contributed by atoms with E-state index < -0.39 is 0 Å². The molecule has 1 aromatic heterocycles. The number of rotatable bonds is 6. The molecule has 0 saturated carbocycles. The monoisotopic (exact) mass is 305 g/mol. The number of ether oxygens (including phenoxy) is 1. The van der Waals surface area contributed by atoms with Gasteiger partial charge in [-0.15, -0.1) is 0 Å². The SMILES string of the molecule is COCCN(Cc1cccnc1)C(=O)[C@H]1CCCCCN1C. The number of likely N-dealkylation sites (N-methyl/N-ethyl adjacent to an activating group) is 1. The minimum atomic E-state index is -0.00368. The Labute approximate surface area is 133 Å². The molecule has 1 atom stereocenters. The van der Waals surface area contributed by atoms with Crippen molar-refractivity contribution in [2.75, 3.05) is 33.9 Å². The number of hydrogen-bond acceptors (Lipinski definition) is 4. The highest BCUT2D eigenvalue weighted by Gasteiger charge is 2.28. The zero-order valence-corrected chi connectivity index (χ0v) is 13.7. The molecule has 0 unspecified atom stereocenters. The lowest BCUT2D eigenvalue weighted by Gasteiger charge is -2.31. The summed E-state index contributed by atoms with van der Waals surface area (Å²) in [5.41, 5.74) is 1.06. The maximum absolute atomic E-state index is 13.0. The van der Waals surface area contributed by atoms with Gasteiger partial charge in [0.05, 0.1) is 12.6 Å². The molecule has 0 aromatic carbocycles. The van der Waals surface area contributed by atoms with Crippen LogP contribution in [-0.2, 0) is 16.1 Å². The van der Waals surface area contributed by atoms with E-state index in [1.165, 1.54) is 12.8 Å². The smallest absolute Gasteiger partial charge is 0.240 e. The quantitative estimate of drug-likeness (QED) is 0.805. The first-order valence-electron chi connectivity index (χ1n) is 8.09. The molecule has 0 aliphatic carbocycles. The van der Waals surface area contributed by atoms with Crippen LogP contribution in [0.1, 0.15) is 31.2 Å². The molecule has 1 amide bonds. The van der Waals surface area contributed by atoms with Gasteiger partial charge in [-0.3, -0.25) is 14.7 Å². The van der Waals surface area contributed by atoms with Crippen LogP contribution >= 0.6 is 0 Å². The number of methoxy groups -OCH3 is 1. The summed E-state index contributed by atoms with van der Waals surface area (Å²) in [6.45, 7) is 2.78. The van der Waals surface area contributed by atoms with Crippen molar-refractivity contribution < 1.29 is 9.53 Å². The Morgan fingerprint density at radius 2 is 2.32 bits per heavy atom. The number of likely N-dealkylation sites (tertiary alicyclic amines) is 1. The van der Waals surface area contributed by atoms with E-state index in [-0.39, 0.29) is 11.9 Å². The van der Waals surface area contributed by atoms with Crippen molar-refractivity contribution in [2.45, 2.75) is 38.3 Å². The Hall–Kier alpha value is -1.46. The van der Waals surface area contributed by atoms with Crippen molar-refractivity contribution in [1.29, 1.82) is 0 Å². The highest BCUT2D eigenvalue weighted by atomic mass is 16.5. The normalized spacial score (nSPS) is 19.6. The summed E-state index contributed by atoms with van der Waals surface area (Å²) in [7, 11) is 3.73. The molecule has 1 fully saturated rings. The highest BCUT2D eigenvalue weighted by molar-refractivity contribution is 5.82. The third kappa shape index (κ3) is 4.78. The van der Waals surface area contributed by atoms with E-state index in [4.69, 9.17) is 4.74 Å². The average Bonchev–Trinajstić information content (AvgIpc) is 2.76. The predicted octanol–water partition coefficient (Wildman–Crippen LogP) is 1.93. The number of amides is 1. The van der Waals surface area contributed by atoms with Crippen LogP contribution in [0.4, 0.5) is 0 Å². The largest absolute Gasteiger partial charge is 0.383 e. The van der Waals surface area contributed by atoms with Crippen LogP contribution in [-0.4, -0.2) is 60.6 Å². The molecule has 0 radical (unpaired) electrons. The number of hydrogen-bond donors (Lipinski definition) is 0. The third-order valence-electron chi connectivity index (χ3n) is 4.28. The van der Waals surface area contributed by atoms with Crippen LogP contribution in [0.3, 0.4) is 0 Å². The fourth-order valence-electron chi connectivity index (χ4n) is 2.96. The first kappa shape index (κ1) is 16.9. The Morgan fingerprint density at radius 1 is 1.45 bits per heavy atom. The van der Waals surface area contributed by atoms with Crippen molar-refractivity contribution >= 4 is 5.91 Å². The molecule has 0 spiro atoms. The molecule has 5 heteroatoms. The minimum absolute atomic E-state index is 0.00368. The predicted molar refractivity (Wildman–Crippen MR) is 86.4 cm³/mol. The van der Waals surface area contributed by atoms with Crippen LogP contribution in [0.5, 0.6) is 0 Å². The maximum Gasteiger partial charge on any atom is 0.240 e. The van der Waals surface area contributed by atoms with Crippen LogP contribution in [0, 0.1) is 0 Å². The van der Waals surface area contributed by atoms with E-state index in [9.17, 15) is 4.79 Å². The topological polar surface area (TPSA) is 45.7 Å². The van der Waals surface area contributed by atoms with Crippen LogP contribution in [0.25, 0.3) is 0 Å². The minimum Gasteiger partial charge on any atom is -0.383 e. The molecule has 2 rings (SSSR count). The van der Waals surface area contributed by atoms with Crippen molar-refractivity contribution in [3.63, 3.8) is 0 Å². The van der Waals surface area contributed by atoms with Gasteiger partial charge in [-0.2, -0.15) is 0 Å². The first-order valence-corrected chi connectivity index (χ1v) is 8.09. The average molecular weight is 305 g/mol. The number of nitrogens with zero attached hydrogens (tertiary/aromatic N) is 3. The molecule has 1 saturated heterocycles. The van der Waals surface area contributed by atoms with Gasteiger partial charge in [0.2, 0.25) is 5.91 Å². The summed E-state index contributed by atoms with van der Waals surface area (Å²) >= 11 is 0. The van der Waals surface area contributed by atoms with Gasteiger partial charge in [0.1, 0.15) is 0 Å². The maximum atomic E-state index is 13.0. The summed E-state index contributed by atoms with van der Waals surface area (Å²) in [6, 6.07) is 3.92. The third-order valence-corrected chi connectivity index (χ3v) is 4.28. The van der Waals surface area contributed by atoms with Crippen molar-refractivity contribution in [3.8, 4) is 0 Å². The molecule has 1 aliphatic rings. The number of carbonyl (C=O) groups is 1. The number of carbonyl (C=O) groups excluding carboxylic acids is 1. The van der Waals surface area contributed by atoms with Gasteiger partial charge in [0.25, 0.3) is 0 Å². The fourth-order valence-corrected chi connectivity index (χ4v) is 2.96. The van der Waals surface area contributed by atoms with Gasteiger partial charge in [0, 0.05) is 32.6 Å². The second kappa shape index (κ2) is 8.86. The lowest BCUT2D eigenvalue weighted by atomic mass is 10.1. The molecular formula is C17H27N3O2. The van der Waals surface area contributed by atoms with E-state index in [1.54, 1.807) is 13.3 Å². The van der Waals surface area contributed by atoms with Crippen LogP contribution in [0.2, 0.25) is 0 Å². The molecule has 0 bridgehead atoms. The molecule has 5 nitrogen and oxygen atoms in total. The van der Waals surface area contributed by atoms with Gasteiger partial charge in [-0.05, 0) is 38.1 Å². The van der Waals surface area contributed by atoms with E-state index in [0.717, 1.165) is 24.9 Å². The van der Waals surface area contributed by atoms with Gasteiger partial charge in [0.15, 0.2) is 0 Å². The fraction of sp³-hybridized carbons (Fsp3) is 0.647. The standard InChI is InChI=1S/C17H27N3O2/c1-19-10-5-3-4-8-16(19)17(21)20(11-12-22-2)14-15-7-6-9-18-13-15/h6-7,9,13,16H,3-5,8,10-12,14H2,1-2H3/t16-/m1/s1. The summed E-state index contributed by atoms with van der Waals surface area (Å²) < 4.78 is 5.18. The Balaban J connectivity index is 2.07. The van der Waals surface area contributed by atoms with Gasteiger partial charge in [-0.25, -0.2) is 0 Å². The van der Waals surface area contributed by atoms with Crippen molar-refractivity contribution in [2.24, 2.45) is 0 Å². The molecule has 2 heterocycles. The van der Waals surface area contributed by atoms with E-state index in [2.05, 4.69) is 16.9 Å².